The van der Waals surface area contributed by atoms with Crippen LogP contribution in [0.3, 0.4) is 0 Å². The minimum absolute atomic E-state index is 0.167. The lowest BCUT2D eigenvalue weighted by molar-refractivity contribution is -0.118. The standard InChI is InChI=1S/C23H20ClN3O2S/c1-16(26-27-22(28)15-30-21-13-9-19(24)10-14-21)17-7-11-20(12-8-17)25-23(29)18-5-3-2-4-6-18/h2-14H,15H2,1H3,(H,25,29)(H,27,28)/b26-16-. The molecule has 2 N–H and O–H groups in total. The van der Waals surface area contributed by atoms with Crippen molar-refractivity contribution in [2.75, 3.05) is 11.1 Å². The van der Waals surface area contributed by atoms with E-state index in [0.29, 0.717) is 22.0 Å². The fourth-order valence-electron chi connectivity index (χ4n) is 2.51. The van der Waals surface area contributed by atoms with Crippen LogP contribution in [0.25, 0.3) is 0 Å². The Kier molecular flexibility index (Phi) is 7.65. The Morgan fingerprint density at radius 3 is 2.23 bits per heavy atom. The largest absolute Gasteiger partial charge is 0.322 e. The number of thioether (sulfide) groups is 1. The number of hydrazone groups is 1. The van der Waals surface area contributed by atoms with Crippen LogP contribution in [0.4, 0.5) is 5.69 Å². The number of halogens is 1. The lowest BCUT2D eigenvalue weighted by atomic mass is 10.1. The highest BCUT2D eigenvalue weighted by molar-refractivity contribution is 8.00. The van der Waals surface area contributed by atoms with E-state index in [2.05, 4.69) is 15.8 Å². The Labute approximate surface area is 184 Å². The summed E-state index contributed by atoms with van der Waals surface area (Å²) in [4.78, 5) is 25.2. The highest BCUT2D eigenvalue weighted by Crippen LogP contribution is 2.20. The van der Waals surface area contributed by atoms with E-state index < -0.39 is 0 Å². The first-order chi connectivity index (χ1) is 14.5. The van der Waals surface area contributed by atoms with Crippen LogP contribution in [0.2, 0.25) is 5.02 Å². The lowest BCUT2D eigenvalue weighted by Gasteiger charge is -2.07. The molecule has 0 aliphatic heterocycles. The lowest BCUT2D eigenvalue weighted by Crippen LogP contribution is -2.21. The summed E-state index contributed by atoms with van der Waals surface area (Å²) < 4.78 is 0. The molecule has 0 fully saturated rings. The third kappa shape index (κ3) is 6.47. The van der Waals surface area contributed by atoms with E-state index >= 15 is 0 Å². The van der Waals surface area contributed by atoms with E-state index in [1.807, 2.05) is 49.4 Å². The van der Waals surface area contributed by atoms with Gasteiger partial charge in [0.05, 0.1) is 11.5 Å². The number of nitrogens with zero attached hydrogens (tertiary/aromatic N) is 1. The maximum Gasteiger partial charge on any atom is 0.255 e. The summed E-state index contributed by atoms with van der Waals surface area (Å²) in [6.07, 6.45) is 0. The van der Waals surface area contributed by atoms with E-state index in [4.69, 9.17) is 11.6 Å². The normalized spacial score (nSPS) is 11.1. The second-order valence-electron chi connectivity index (χ2n) is 6.37. The average Bonchev–Trinajstić information content (AvgIpc) is 2.78. The molecule has 0 saturated carbocycles. The third-order valence-electron chi connectivity index (χ3n) is 4.13. The highest BCUT2D eigenvalue weighted by Gasteiger charge is 2.06. The number of rotatable bonds is 7. The van der Waals surface area contributed by atoms with E-state index in [1.54, 1.807) is 36.4 Å². The maximum atomic E-state index is 12.2. The topological polar surface area (TPSA) is 70.6 Å². The van der Waals surface area contributed by atoms with Crippen LogP contribution in [0.1, 0.15) is 22.8 Å². The first-order valence-electron chi connectivity index (χ1n) is 9.19. The van der Waals surface area contributed by atoms with E-state index in [-0.39, 0.29) is 17.6 Å². The zero-order valence-electron chi connectivity index (χ0n) is 16.3. The fraction of sp³-hybridized carbons (Fsp3) is 0.0870. The molecule has 3 aromatic carbocycles. The number of carbonyl (C=O) groups excluding carboxylic acids is 2. The van der Waals surface area contributed by atoms with Crippen molar-refractivity contribution >= 4 is 46.6 Å². The summed E-state index contributed by atoms with van der Waals surface area (Å²) >= 11 is 7.26. The molecule has 0 bridgehead atoms. The number of benzene rings is 3. The van der Waals surface area contributed by atoms with Gasteiger partial charge >= 0.3 is 0 Å². The Balaban J connectivity index is 1.51. The molecule has 0 unspecified atom stereocenters. The second kappa shape index (κ2) is 10.6. The molecule has 0 radical (unpaired) electrons. The van der Waals surface area contributed by atoms with Crippen LogP contribution in [0.15, 0.2) is 88.9 Å². The summed E-state index contributed by atoms with van der Waals surface area (Å²) in [6.45, 7) is 1.81. The number of hydrogen-bond acceptors (Lipinski definition) is 4. The molecule has 0 saturated heterocycles. The van der Waals surface area contributed by atoms with Crippen molar-refractivity contribution in [1.29, 1.82) is 0 Å². The van der Waals surface area contributed by atoms with Crippen LogP contribution in [-0.4, -0.2) is 23.3 Å². The molecule has 0 heterocycles. The monoisotopic (exact) mass is 437 g/mol. The molecule has 152 valence electrons. The van der Waals surface area contributed by atoms with Crippen molar-refractivity contribution in [1.82, 2.24) is 5.43 Å². The molecule has 0 aromatic heterocycles. The Bertz CT molecular complexity index is 1040. The van der Waals surface area contributed by atoms with Gasteiger partial charge in [0.2, 0.25) is 5.91 Å². The van der Waals surface area contributed by atoms with Gasteiger partial charge in [0, 0.05) is 21.2 Å². The van der Waals surface area contributed by atoms with E-state index in [1.165, 1.54) is 11.8 Å². The Hall–Kier alpha value is -3.09. The zero-order chi connectivity index (χ0) is 21.3. The predicted molar refractivity (Wildman–Crippen MR) is 123 cm³/mol. The summed E-state index contributed by atoms with van der Waals surface area (Å²) in [5, 5.41) is 7.67. The van der Waals surface area contributed by atoms with Gasteiger partial charge in [-0.1, -0.05) is 41.9 Å². The summed E-state index contributed by atoms with van der Waals surface area (Å²) in [5.74, 6) is -0.108. The maximum absolute atomic E-state index is 12.2. The van der Waals surface area contributed by atoms with Gasteiger partial charge in [-0.25, -0.2) is 5.43 Å². The molecule has 7 heteroatoms. The van der Waals surface area contributed by atoms with Gasteiger partial charge in [-0.2, -0.15) is 5.10 Å². The zero-order valence-corrected chi connectivity index (χ0v) is 17.8. The van der Waals surface area contributed by atoms with Crippen molar-refractivity contribution in [3.63, 3.8) is 0 Å². The van der Waals surface area contributed by atoms with Gasteiger partial charge < -0.3 is 5.32 Å². The van der Waals surface area contributed by atoms with Crippen LogP contribution in [0.5, 0.6) is 0 Å². The Morgan fingerprint density at radius 1 is 0.900 bits per heavy atom. The molecule has 2 amide bonds. The molecule has 30 heavy (non-hydrogen) atoms. The van der Waals surface area contributed by atoms with Crippen molar-refractivity contribution in [3.8, 4) is 0 Å². The molecular formula is C23H20ClN3O2S. The second-order valence-corrected chi connectivity index (χ2v) is 7.86. The first-order valence-corrected chi connectivity index (χ1v) is 10.6. The van der Waals surface area contributed by atoms with Gasteiger partial charge in [0.1, 0.15) is 0 Å². The predicted octanol–water partition coefficient (Wildman–Crippen LogP) is 5.22. The molecule has 0 aliphatic carbocycles. The number of anilines is 1. The number of amides is 2. The first kappa shape index (κ1) is 21.6. The van der Waals surface area contributed by atoms with Gasteiger partial charge in [-0.05, 0) is 61.0 Å². The van der Waals surface area contributed by atoms with Crippen molar-refractivity contribution < 1.29 is 9.59 Å². The average molecular weight is 438 g/mol. The van der Waals surface area contributed by atoms with Crippen molar-refractivity contribution in [3.05, 3.63) is 95.0 Å². The molecule has 0 atom stereocenters. The Morgan fingerprint density at radius 2 is 1.57 bits per heavy atom. The van der Waals surface area contributed by atoms with Gasteiger partial charge in [-0.15, -0.1) is 11.8 Å². The van der Waals surface area contributed by atoms with E-state index in [0.717, 1.165) is 10.5 Å². The number of carbonyl (C=O) groups is 2. The minimum Gasteiger partial charge on any atom is -0.322 e. The molecule has 0 aliphatic rings. The quantitative estimate of drug-likeness (QED) is 0.302. The van der Waals surface area contributed by atoms with Crippen LogP contribution < -0.4 is 10.7 Å². The molecule has 3 rings (SSSR count). The molecule has 5 nitrogen and oxygen atoms in total. The molecule has 0 spiro atoms. The molecular weight excluding hydrogens is 418 g/mol. The smallest absolute Gasteiger partial charge is 0.255 e. The van der Waals surface area contributed by atoms with Crippen LogP contribution in [-0.2, 0) is 4.79 Å². The van der Waals surface area contributed by atoms with Gasteiger partial charge in [-0.3, -0.25) is 9.59 Å². The fourth-order valence-corrected chi connectivity index (χ4v) is 3.33. The number of nitrogens with one attached hydrogen (secondary N) is 2. The summed E-state index contributed by atoms with van der Waals surface area (Å²) in [5.41, 5.74) is 5.36. The van der Waals surface area contributed by atoms with Crippen LogP contribution in [0, 0.1) is 0 Å². The van der Waals surface area contributed by atoms with Crippen molar-refractivity contribution in [2.45, 2.75) is 11.8 Å². The van der Waals surface area contributed by atoms with Gasteiger partial charge in [0.25, 0.3) is 5.91 Å². The van der Waals surface area contributed by atoms with E-state index in [9.17, 15) is 9.59 Å². The minimum atomic E-state index is -0.193. The summed E-state index contributed by atoms with van der Waals surface area (Å²) in [6, 6.07) is 23.6. The van der Waals surface area contributed by atoms with Crippen LogP contribution >= 0.6 is 23.4 Å². The molecule has 3 aromatic rings. The summed E-state index contributed by atoms with van der Waals surface area (Å²) in [7, 11) is 0. The SMILES string of the molecule is C/C(=N/NC(=O)CSc1ccc(Cl)cc1)c1ccc(NC(=O)c2ccccc2)cc1. The van der Waals surface area contributed by atoms with Crippen molar-refractivity contribution in [2.24, 2.45) is 5.10 Å². The van der Waals surface area contributed by atoms with Gasteiger partial charge in [0.15, 0.2) is 0 Å². The highest BCUT2D eigenvalue weighted by atomic mass is 35.5. The number of hydrogen-bond donors (Lipinski definition) is 2. The third-order valence-corrected chi connectivity index (χ3v) is 5.39.